The molecule has 2 nitrogen and oxygen atoms in total. The van der Waals surface area contributed by atoms with Crippen LogP contribution in [0.25, 0.3) is 0 Å². The first-order valence-electron chi connectivity index (χ1n) is 4.29. The monoisotopic (exact) mass is 156 g/mol. The standard InChI is InChI=1S/C9H18NO/c1-4-9(5-6-11)10-7-8(2)3/h8-10H,4-5,7H2,1-3H3. The van der Waals surface area contributed by atoms with Crippen molar-refractivity contribution in [1.29, 1.82) is 0 Å². The maximum atomic E-state index is 10.1. The van der Waals surface area contributed by atoms with Crippen molar-refractivity contribution < 1.29 is 4.79 Å². The molecule has 65 valence electrons. The van der Waals surface area contributed by atoms with Crippen LogP contribution in [0, 0.1) is 5.92 Å². The van der Waals surface area contributed by atoms with Crippen LogP contribution in [-0.2, 0) is 4.79 Å². The summed E-state index contributed by atoms with van der Waals surface area (Å²) >= 11 is 0. The Kier molecular flexibility index (Phi) is 6.13. The predicted molar refractivity (Wildman–Crippen MR) is 47.2 cm³/mol. The average Bonchev–Trinajstić information content (AvgIpc) is 1.97. The van der Waals surface area contributed by atoms with Crippen molar-refractivity contribution >= 4 is 6.29 Å². The van der Waals surface area contributed by atoms with Crippen molar-refractivity contribution in [2.24, 2.45) is 5.92 Å². The van der Waals surface area contributed by atoms with Crippen LogP contribution in [0.15, 0.2) is 0 Å². The summed E-state index contributed by atoms with van der Waals surface area (Å²) in [6.45, 7) is 7.38. The number of nitrogens with one attached hydrogen (secondary N) is 1. The first kappa shape index (κ1) is 10.6. The van der Waals surface area contributed by atoms with E-state index in [0.717, 1.165) is 13.0 Å². The highest BCUT2D eigenvalue weighted by atomic mass is 16.1. The van der Waals surface area contributed by atoms with Gasteiger partial charge < -0.3 is 5.32 Å². The molecule has 2 heteroatoms. The topological polar surface area (TPSA) is 29.1 Å². The first-order chi connectivity index (χ1) is 5.20. The van der Waals surface area contributed by atoms with Gasteiger partial charge in [0.2, 0.25) is 0 Å². The van der Waals surface area contributed by atoms with Crippen LogP contribution in [0.1, 0.15) is 33.6 Å². The molecule has 0 aromatic rings. The summed E-state index contributed by atoms with van der Waals surface area (Å²) in [4.78, 5) is 10.1. The summed E-state index contributed by atoms with van der Waals surface area (Å²) in [6.07, 6.45) is 3.45. The Morgan fingerprint density at radius 1 is 1.45 bits per heavy atom. The van der Waals surface area contributed by atoms with Gasteiger partial charge in [-0.15, -0.1) is 0 Å². The molecule has 1 unspecified atom stereocenters. The lowest BCUT2D eigenvalue weighted by molar-refractivity contribution is 0.450. The van der Waals surface area contributed by atoms with E-state index < -0.39 is 0 Å². The smallest absolute Gasteiger partial charge is 0.199 e. The van der Waals surface area contributed by atoms with E-state index in [9.17, 15) is 4.79 Å². The Hall–Kier alpha value is -0.370. The molecule has 0 aliphatic heterocycles. The van der Waals surface area contributed by atoms with Crippen LogP contribution in [0.2, 0.25) is 0 Å². The van der Waals surface area contributed by atoms with Crippen LogP contribution in [0.4, 0.5) is 0 Å². The summed E-state index contributed by atoms with van der Waals surface area (Å²) in [5, 5.41) is 3.31. The van der Waals surface area contributed by atoms with E-state index in [4.69, 9.17) is 0 Å². The van der Waals surface area contributed by atoms with E-state index in [0.29, 0.717) is 18.4 Å². The van der Waals surface area contributed by atoms with Crippen molar-refractivity contribution in [3.8, 4) is 0 Å². The first-order valence-corrected chi connectivity index (χ1v) is 4.29. The molecule has 0 heterocycles. The Morgan fingerprint density at radius 2 is 2.09 bits per heavy atom. The number of rotatable bonds is 6. The molecule has 0 spiro atoms. The third-order valence-corrected chi connectivity index (χ3v) is 1.64. The highest BCUT2D eigenvalue weighted by molar-refractivity contribution is 5.51. The Balaban J connectivity index is 3.43. The second-order valence-corrected chi connectivity index (χ2v) is 3.26. The molecular formula is C9H18NO. The van der Waals surface area contributed by atoms with Crippen molar-refractivity contribution in [2.45, 2.75) is 39.7 Å². The maximum absolute atomic E-state index is 10.1. The van der Waals surface area contributed by atoms with E-state index in [1.807, 2.05) is 6.29 Å². The lowest BCUT2D eigenvalue weighted by Gasteiger charge is -2.14. The second kappa shape index (κ2) is 6.35. The van der Waals surface area contributed by atoms with Gasteiger partial charge in [0.15, 0.2) is 6.29 Å². The fraction of sp³-hybridized carbons (Fsp3) is 0.889. The summed E-state index contributed by atoms with van der Waals surface area (Å²) in [5.41, 5.74) is 0. The number of carbonyl (C=O) groups excluding carboxylic acids is 1. The van der Waals surface area contributed by atoms with Crippen molar-refractivity contribution in [3.05, 3.63) is 0 Å². The molecule has 1 N–H and O–H groups in total. The van der Waals surface area contributed by atoms with Crippen LogP contribution in [0.5, 0.6) is 0 Å². The van der Waals surface area contributed by atoms with Gasteiger partial charge in [-0.25, -0.2) is 0 Å². The molecule has 0 aliphatic rings. The van der Waals surface area contributed by atoms with E-state index in [1.165, 1.54) is 0 Å². The van der Waals surface area contributed by atoms with Gasteiger partial charge in [0.05, 0.1) is 0 Å². The predicted octanol–water partition coefficient (Wildman–Crippen LogP) is 1.51. The van der Waals surface area contributed by atoms with E-state index in [-0.39, 0.29) is 0 Å². The second-order valence-electron chi connectivity index (χ2n) is 3.26. The van der Waals surface area contributed by atoms with E-state index >= 15 is 0 Å². The lowest BCUT2D eigenvalue weighted by atomic mass is 10.1. The Labute approximate surface area is 69.4 Å². The molecule has 1 atom stereocenters. The van der Waals surface area contributed by atoms with Crippen molar-refractivity contribution in [1.82, 2.24) is 5.32 Å². The quantitative estimate of drug-likeness (QED) is 0.631. The molecule has 0 saturated heterocycles. The number of hydrogen-bond acceptors (Lipinski definition) is 2. The van der Waals surface area contributed by atoms with Crippen LogP contribution < -0.4 is 5.32 Å². The molecule has 0 aromatic heterocycles. The third-order valence-electron chi connectivity index (χ3n) is 1.64. The van der Waals surface area contributed by atoms with Crippen LogP contribution in [-0.4, -0.2) is 18.9 Å². The highest BCUT2D eigenvalue weighted by Crippen LogP contribution is 1.96. The Morgan fingerprint density at radius 3 is 2.45 bits per heavy atom. The normalized spacial score (nSPS) is 13.5. The third kappa shape index (κ3) is 6.05. The zero-order chi connectivity index (χ0) is 8.69. The molecule has 11 heavy (non-hydrogen) atoms. The van der Waals surface area contributed by atoms with E-state index in [1.54, 1.807) is 0 Å². The molecule has 0 saturated carbocycles. The van der Waals surface area contributed by atoms with Gasteiger partial charge in [0, 0.05) is 12.5 Å². The zero-order valence-electron chi connectivity index (χ0n) is 7.68. The molecule has 0 aromatic carbocycles. The van der Waals surface area contributed by atoms with Gasteiger partial charge in [-0.1, -0.05) is 20.8 Å². The summed E-state index contributed by atoms with van der Waals surface area (Å²) < 4.78 is 0. The van der Waals surface area contributed by atoms with Crippen molar-refractivity contribution in [3.63, 3.8) is 0 Å². The molecule has 0 bridgehead atoms. The molecule has 0 amide bonds. The van der Waals surface area contributed by atoms with Gasteiger partial charge in [-0.2, -0.15) is 0 Å². The summed E-state index contributed by atoms with van der Waals surface area (Å²) in [7, 11) is 0. The largest absolute Gasteiger partial charge is 0.313 e. The molecule has 0 rings (SSSR count). The van der Waals surface area contributed by atoms with Gasteiger partial charge in [-0.3, -0.25) is 4.79 Å². The van der Waals surface area contributed by atoms with Crippen LogP contribution >= 0.6 is 0 Å². The highest BCUT2D eigenvalue weighted by Gasteiger charge is 2.04. The fourth-order valence-corrected chi connectivity index (χ4v) is 0.864. The zero-order valence-corrected chi connectivity index (χ0v) is 7.68. The Bertz CT molecular complexity index is 102. The van der Waals surface area contributed by atoms with Gasteiger partial charge in [0.1, 0.15) is 0 Å². The minimum atomic E-state index is 0.329. The number of hydrogen-bond donors (Lipinski definition) is 1. The van der Waals surface area contributed by atoms with Gasteiger partial charge in [-0.05, 0) is 18.9 Å². The van der Waals surface area contributed by atoms with Gasteiger partial charge in [0.25, 0.3) is 0 Å². The van der Waals surface area contributed by atoms with Crippen LogP contribution in [0.3, 0.4) is 0 Å². The molecule has 0 fully saturated rings. The minimum absolute atomic E-state index is 0.329. The minimum Gasteiger partial charge on any atom is -0.313 e. The molecular weight excluding hydrogens is 138 g/mol. The van der Waals surface area contributed by atoms with E-state index in [2.05, 4.69) is 26.1 Å². The summed E-state index contributed by atoms with van der Waals surface area (Å²) in [6, 6.07) is 0.329. The average molecular weight is 156 g/mol. The fourth-order valence-electron chi connectivity index (χ4n) is 0.864. The molecule has 1 radical (unpaired) electrons. The van der Waals surface area contributed by atoms with Crippen molar-refractivity contribution in [2.75, 3.05) is 6.54 Å². The van der Waals surface area contributed by atoms with Gasteiger partial charge >= 0.3 is 0 Å². The lowest BCUT2D eigenvalue weighted by Crippen LogP contribution is -2.31. The molecule has 0 aliphatic carbocycles. The summed E-state index contributed by atoms with van der Waals surface area (Å²) in [5.74, 6) is 0.649. The SMILES string of the molecule is CCC(C[C]=O)NCC(C)C. The maximum Gasteiger partial charge on any atom is 0.199 e.